The number of para-hydroxylation sites is 1. The van der Waals surface area contributed by atoms with E-state index in [0.29, 0.717) is 5.56 Å². The molecule has 2 aromatic rings. The highest BCUT2D eigenvalue weighted by atomic mass is 15.2. The van der Waals surface area contributed by atoms with E-state index in [1.165, 1.54) is 0 Å². The van der Waals surface area contributed by atoms with Crippen LogP contribution in [-0.4, -0.2) is 17.9 Å². The van der Waals surface area contributed by atoms with Gasteiger partial charge in [-0.25, -0.2) is 4.98 Å². The molecule has 0 aliphatic rings. The van der Waals surface area contributed by atoms with Gasteiger partial charge >= 0.3 is 0 Å². The topological polar surface area (TPSA) is 66.0 Å². The summed E-state index contributed by atoms with van der Waals surface area (Å²) in [5.41, 5.74) is 8.14. The van der Waals surface area contributed by atoms with Crippen molar-refractivity contribution in [1.29, 1.82) is 5.41 Å². The number of anilines is 2. The Morgan fingerprint density at radius 1 is 1.17 bits per heavy atom. The van der Waals surface area contributed by atoms with E-state index in [1.807, 2.05) is 61.3 Å². The van der Waals surface area contributed by atoms with Crippen LogP contribution in [-0.2, 0) is 0 Å². The van der Waals surface area contributed by atoms with Gasteiger partial charge in [-0.2, -0.15) is 0 Å². The molecule has 0 saturated carbocycles. The molecule has 0 atom stereocenters. The van der Waals surface area contributed by atoms with Crippen LogP contribution in [0.5, 0.6) is 0 Å². The van der Waals surface area contributed by atoms with Crippen molar-refractivity contribution in [3.05, 3.63) is 53.7 Å². The number of rotatable bonds is 3. The molecule has 0 bridgehead atoms. The Morgan fingerprint density at radius 2 is 1.89 bits per heavy atom. The molecule has 0 unspecified atom stereocenters. The van der Waals surface area contributed by atoms with Crippen molar-refractivity contribution in [2.24, 2.45) is 5.73 Å². The number of amidine groups is 1. The monoisotopic (exact) mass is 240 g/mol. The summed E-state index contributed by atoms with van der Waals surface area (Å²) in [6.45, 7) is 1.95. The molecule has 3 N–H and O–H groups in total. The number of aryl methyl sites for hydroxylation is 1. The Bertz CT molecular complexity index is 578. The summed E-state index contributed by atoms with van der Waals surface area (Å²) in [6.07, 6.45) is 0. The molecule has 0 amide bonds. The molecular formula is C14H16N4. The fraction of sp³-hybridized carbons (Fsp3) is 0.143. The molecule has 2 rings (SSSR count). The average Bonchev–Trinajstić information content (AvgIpc) is 2.38. The van der Waals surface area contributed by atoms with Gasteiger partial charge in [0.2, 0.25) is 0 Å². The Kier molecular flexibility index (Phi) is 3.28. The van der Waals surface area contributed by atoms with Crippen LogP contribution in [0.1, 0.15) is 11.3 Å². The number of pyridine rings is 1. The van der Waals surface area contributed by atoms with Crippen LogP contribution in [0.4, 0.5) is 11.5 Å². The molecule has 0 aliphatic carbocycles. The van der Waals surface area contributed by atoms with E-state index in [9.17, 15) is 0 Å². The molecule has 92 valence electrons. The van der Waals surface area contributed by atoms with Gasteiger partial charge in [0, 0.05) is 18.3 Å². The lowest BCUT2D eigenvalue weighted by molar-refractivity contribution is 1.09. The van der Waals surface area contributed by atoms with Crippen molar-refractivity contribution in [1.82, 2.24) is 4.98 Å². The molecule has 4 heteroatoms. The Balaban J connectivity index is 2.46. The number of benzene rings is 1. The lowest BCUT2D eigenvalue weighted by atomic mass is 10.1. The second-order valence-corrected chi connectivity index (χ2v) is 4.13. The van der Waals surface area contributed by atoms with E-state index in [1.54, 1.807) is 0 Å². The van der Waals surface area contributed by atoms with Gasteiger partial charge in [0.15, 0.2) is 0 Å². The maximum Gasteiger partial charge on any atom is 0.132 e. The first-order valence-corrected chi connectivity index (χ1v) is 5.70. The number of hydrogen-bond acceptors (Lipinski definition) is 3. The number of aromatic nitrogens is 1. The Morgan fingerprint density at radius 3 is 2.56 bits per heavy atom. The van der Waals surface area contributed by atoms with E-state index < -0.39 is 0 Å². The first kappa shape index (κ1) is 12.1. The lowest BCUT2D eigenvalue weighted by Crippen LogP contribution is -2.19. The first-order valence-electron chi connectivity index (χ1n) is 5.70. The van der Waals surface area contributed by atoms with Gasteiger partial charge in [-0.3, -0.25) is 5.41 Å². The van der Waals surface area contributed by atoms with Gasteiger partial charge < -0.3 is 10.6 Å². The molecule has 0 radical (unpaired) electrons. The molecule has 1 aromatic carbocycles. The van der Waals surface area contributed by atoms with Crippen LogP contribution >= 0.6 is 0 Å². The second-order valence-electron chi connectivity index (χ2n) is 4.13. The van der Waals surface area contributed by atoms with Crippen molar-refractivity contribution in [3.63, 3.8) is 0 Å². The normalized spacial score (nSPS) is 10.1. The minimum atomic E-state index is 0.0603. The summed E-state index contributed by atoms with van der Waals surface area (Å²) in [6, 6.07) is 13.4. The maximum absolute atomic E-state index is 7.60. The number of nitrogens with two attached hydrogens (primary N) is 1. The smallest absolute Gasteiger partial charge is 0.132 e. The number of hydrogen-bond donors (Lipinski definition) is 2. The van der Waals surface area contributed by atoms with Gasteiger partial charge in [-0.15, -0.1) is 0 Å². The third-order valence-electron chi connectivity index (χ3n) is 2.77. The van der Waals surface area contributed by atoms with Crippen molar-refractivity contribution in [3.8, 4) is 0 Å². The Labute approximate surface area is 107 Å². The highest BCUT2D eigenvalue weighted by Crippen LogP contribution is 2.25. The van der Waals surface area contributed by atoms with Crippen LogP contribution in [0.3, 0.4) is 0 Å². The zero-order valence-electron chi connectivity index (χ0n) is 10.5. The van der Waals surface area contributed by atoms with Crippen molar-refractivity contribution >= 4 is 17.3 Å². The third kappa shape index (κ3) is 2.32. The molecule has 1 heterocycles. The van der Waals surface area contributed by atoms with E-state index in [0.717, 1.165) is 17.2 Å². The van der Waals surface area contributed by atoms with Gasteiger partial charge in [-0.05, 0) is 31.2 Å². The zero-order valence-corrected chi connectivity index (χ0v) is 10.5. The van der Waals surface area contributed by atoms with Crippen LogP contribution in [0, 0.1) is 12.3 Å². The number of nitrogens with one attached hydrogen (secondary N) is 1. The summed E-state index contributed by atoms with van der Waals surface area (Å²) >= 11 is 0. The minimum Gasteiger partial charge on any atom is -0.384 e. The van der Waals surface area contributed by atoms with Gasteiger partial charge in [0.1, 0.15) is 11.7 Å². The van der Waals surface area contributed by atoms with Gasteiger partial charge in [0.05, 0.1) is 5.69 Å². The van der Waals surface area contributed by atoms with E-state index in [4.69, 9.17) is 11.1 Å². The van der Waals surface area contributed by atoms with E-state index in [2.05, 4.69) is 4.98 Å². The standard InChI is InChI=1S/C14H16N4/c1-10-6-5-9-13(17-10)18(2)12-8-4-3-7-11(12)14(15)16/h3-9H,1-2H3,(H3,15,16). The molecular weight excluding hydrogens is 224 g/mol. The van der Waals surface area contributed by atoms with E-state index >= 15 is 0 Å². The fourth-order valence-corrected chi connectivity index (χ4v) is 1.83. The second kappa shape index (κ2) is 4.87. The molecule has 0 spiro atoms. The summed E-state index contributed by atoms with van der Waals surface area (Å²) in [5, 5.41) is 7.60. The zero-order chi connectivity index (χ0) is 13.1. The quantitative estimate of drug-likeness (QED) is 0.639. The summed E-state index contributed by atoms with van der Waals surface area (Å²) < 4.78 is 0. The average molecular weight is 240 g/mol. The van der Waals surface area contributed by atoms with Gasteiger partial charge in [-0.1, -0.05) is 18.2 Å². The summed E-state index contributed by atoms with van der Waals surface area (Å²) in [7, 11) is 1.92. The van der Waals surface area contributed by atoms with Crippen molar-refractivity contribution < 1.29 is 0 Å². The highest BCUT2D eigenvalue weighted by Gasteiger charge is 2.11. The predicted octanol–water partition coefficient (Wildman–Crippen LogP) is 2.44. The first-order chi connectivity index (χ1) is 8.59. The Hall–Kier alpha value is -2.36. The maximum atomic E-state index is 7.60. The highest BCUT2D eigenvalue weighted by molar-refractivity contribution is 6.01. The predicted molar refractivity (Wildman–Crippen MR) is 74.5 cm³/mol. The molecule has 0 saturated heterocycles. The summed E-state index contributed by atoms with van der Waals surface area (Å²) in [5.74, 6) is 0.897. The third-order valence-corrected chi connectivity index (χ3v) is 2.77. The minimum absolute atomic E-state index is 0.0603. The van der Waals surface area contributed by atoms with Crippen LogP contribution in [0.2, 0.25) is 0 Å². The molecule has 0 aliphatic heterocycles. The van der Waals surface area contributed by atoms with Gasteiger partial charge in [0.25, 0.3) is 0 Å². The molecule has 1 aromatic heterocycles. The van der Waals surface area contributed by atoms with Crippen molar-refractivity contribution in [2.75, 3.05) is 11.9 Å². The molecule has 18 heavy (non-hydrogen) atoms. The summed E-state index contributed by atoms with van der Waals surface area (Å²) in [4.78, 5) is 6.40. The number of nitrogen functional groups attached to an aromatic ring is 1. The van der Waals surface area contributed by atoms with Crippen molar-refractivity contribution in [2.45, 2.75) is 6.92 Å². The molecule has 0 fully saturated rings. The molecule has 4 nitrogen and oxygen atoms in total. The lowest BCUT2D eigenvalue weighted by Gasteiger charge is -2.21. The van der Waals surface area contributed by atoms with Crippen LogP contribution < -0.4 is 10.6 Å². The largest absolute Gasteiger partial charge is 0.384 e. The number of nitrogens with zero attached hydrogens (tertiary/aromatic N) is 2. The SMILES string of the molecule is Cc1cccc(N(C)c2ccccc2C(=N)N)n1. The fourth-order valence-electron chi connectivity index (χ4n) is 1.83. The van der Waals surface area contributed by atoms with E-state index in [-0.39, 0.29) is 5.84 Å². The van der Waals surface area contributed by atoms with Crippen LogP contribution in [0.25, 0.3) is 0 Å². The van der Waals surface area contributed by atoms with Crippen LogP contribution in [0.15, 0.2) is 42.5 Å².